The Morgan fingerprint density at radius 2 is 1.20 bits per heavy atom. The van der Waals surface area contributed by atoms with Crippen molar-refractivity contribution < 1.29 is 9.59 Å². The molecule has 2 heterocycles. The van der Waals surface area contributed by atoms with Gasteiger partial charge in [-0.1, -0.05) is 84.4 Å². The van der Waals surface area contributed by atoms with Crippen molar-refractivity contribution in [3.05, 3.63) is 160 Å². The number of imide groups is 1. The number of rotatable bonds is 4. The van der Waals surface area contributed by atoms with Gasteiger partial charge in [0.1, 0.15) is 0 Å². The van der Waals surface area contributed by atoms with Crippen LogP contribution in [0.15, 0.2) is 115 Å². The Balaban J connectivity index is 1.40. The molecule has 8 rings (SSSR count). The largest absolute Gasteiger partial charge is 0.308 e. The van der Waals surface area contributed by atoms with Gasteiger partial charge in [-0.2, -0.15) is 5.26 Å². The zero-order valence-corrected chi connectivity index (χ0v) is 27.1. The number of anilines is 1. The maximum atomic E-state index is 14.5. The van der Waals surface area contributed by atoms with Crippen molar-refractivity contribution in [3.8, 4) is 34.0 Å². The average Bonchev–Trinajstić information content (AvgIpc) is 3.57. The maximum Gasteiger partial charge on any atom is 0.268 e. The molecule has 6 nitrogen and oxygen atoms in total. The topological polar surface area (TPSA) is 70.5 Å². The van der Waals surface area contributed by atoms with E-state index in [0.717, 1.165) is 60.8 Å². The van der Waals surface area contributed by atoms with Crippen LogP contribution in [-0.4, -0.2) is 16.4 Å². The van der Waals surface area contributed by atoms with Gasteiger partial charge in [-0.15, -0.1) is 0 Å². The van der Waals surface area contributed by atoms with E-state index in [1.54, 1.807) is 18.2 Å². The number of hydrogen-bond donors (Lipinski definition) is 0. The van der Waals surface area contributed by atoms with Gasteiger partial charge in [0.05, 0.1) is 51.7 Å². The zero-order chi connectivity index (χ0) is 34.0. The van der Waals surface area contributed by atoms with E-state index in [0.29, 0.717) is 33.8 Å². The number of carbonyl (C=O) groups excluding carboxylic acids is 2. The molecule has 2 amide bonds. The highest BCUT2D eigenvalue weighted by atomic mass is 16.2. The SMILES string of the molecule is [C-]#[N+]c1ccc(-c2ccc3c4ccc(-c5ccc(C#N)cc5)cc4n(-c4cccc5c4C(=O)N(c4c(C)cc(C)cc4C)C5=O)c3c2)cc1. The lowest BCUT2D eigenvalue weighted by atomic mass is 10.0. The van der Waals surface area contributed by atoms with Gasteiger partial charge in [0, 0.05) is 10.8 Å². The minimum atomic E-state index is -0.352. The molecule has 0 bridgehead atoms. The summed E-state index contributed by atoms with van der Waals surface area (Å²) in [6, 6.07) is 39.2. The Labute approximate surface area is 283 Å². The summed E-state index contributed by atoms with van der Waals surface area (Å²) in [5.41, 5.74) is 11.5. The Morgan fingerprint density at radius 1 is 0.653 bits per heavy atom. The molecule has 1 aliphatic heterocycles. The van der Waals surface area contributed by atoms with Gasteiger partial charge >= 0.3 is 0 Å². The van der Waals surface area contributed by atoms with E-state index in [1.165, 1.54) is 4.90 Å². The molecule has 6 aromatic carbocycles. The number of benzene rings is 6. The van der Waals surface area contributed by atoms with E-state index in [9.17, 15) is 14.9 Å². The number of hydrogen-bond acceptors (Lipinski definition) is 3. The van der Waals surface area contributed by atoms with Gasteiger partial charge in [0.15, 0.2) is 5.69 Å². The summed E-state index contributed by atoms with van der Waals surface area (Å²) in [7, 11) is 0. The molecule has 0 radical (unpaired) electrons. The fourth-order valence-corrected chi connectivity index (χ4v) is 7.28. The van der Waals surface area contributed by atoms with Gasteiger partial charge < -0.3 is 4.57 Å². The van der Waals surface area contributed by atoms with Gasteiger partial charge in [-0.3, -0.25) is 9.59 Å². The first-order chi connectivity index (χ1) is 23.8. The lowest BCUT2D eigenvalue weighted by Crippen LogP contribution is -2.31. The van der Waals surface area contributed by atoms with E-state index in [2.05, 4.69) is 51.9 Å². The first-order valence-corrected chi connectivity index (χ1v) is 15.9. The summed E-state index contributed by atoms with van der Waals surface area (Å²) in [4.78, 5) is 33.5. The van der Waals surface area contributed by atoms with Crippen LogP contribution in [0.5, 0.6) is 0 Å². The normalized spacial score (nSPS) is 12.4. The van der Waals surface area contributed by atoms with Crippen LogP contribution in [0, 0.1) is 38.7 Å². The summed E-state index contributed by atoms with van der Waals surface area (Å²) in [5, 5.41) is 11.3. The predicted molar refractivity (Wildman–Crippen MR) is 194 cm³/mol. The molecule has 1 aromatic heterocycles. The summed E-state index contributed by atoms with van der Waals surface area (Å²) in [5.74, 6) is -0.689. The quantitative estimate of drug-likeness (QED) is 0.143. The lowest BCUT2D eigenvalue weighted by molar-refractivity contribution is 0.0925. The van der Waals surface area contributed by atoms with Crippen molar-refractivity contribution in [1.29, 1.82) is 5.26 Å². The first-order valence-electron chi connectivity index (χ1n) is 15.9. The molecule has 0 unspecified atom stereocenters. The first kappa shape index (κ1) is 29.6. The third-order valence-electron chi connectivity index (χ3n) is 9.44. The fourth-order valence-electron chi connectivity index (χ4n) is 7.28. The molecule has 7 aromatic rings. The number of nitrogens with zero attached hydrogens (tertiary/aromatic N) is 4. The average molecular weight is 633 g/mol. The molecule has 0 N–H and O–H groups in total. The number of aromatic nitrogens is 1. The zero-order valence-electron chi connectivity index (χ0n) is 27.1. The summed E-state index contributed by atoms with van der Waals surface area (Å²) in [6.07, 6.45) is 0. The number of carbonyl (C=O) groups is 2. The highest BCUT2D eigenvalue weighted by Crippen LogP contribution is 2.41. The lowest BCUT2D eigenvalue weighted by Gasteiger charge is -2.20. The Kier molecular flexibility index (Phi) is 6.77. The Morgan fingerprint density at radius 3 is 1.76 bits per heavy atom. The molecule has 0 atom stereocenters. The van der Waals surface area contributed by atoms with Crippen molar-refractivity contribution in [3.63, 3.8) is 0 Å². The van der Waals surface area contributed by atoms with Crippen LogP contribution < -0.4 is 4.90 Å². The van der Waals surface area contributed by atoms with Crippen LogP contribution in [0.25, 0.3) is 54.6 Å². The molecule has 0 saturated carbocycles. The van der Waals surface area contributed by atoms with Crippen molar-refractivity contribution in [1.82, 2.24) is 4.57 Å². The van der Waals surface area contributed by atoms with Crippen LogP contribution >= 0.6 is 0 Å². The van der Waals surface area contributed by atoms with Gasteiger partial charge in [-0.05, 0) is 90.6 Å². The maximum absolute atomic E-state index is 14.5. The third-order valence-corrected chi connectivity index (χ3v) is 9.44. The number of nitriles is 1. The highest BCUT2D eigenvalue weighted by Gasteiger charge is 2.40. The van der Waals surface area contributed by atoms with Crippen LogP contribution in [0.4, 0.5) is 11.4 Å². The second kappa shape index (κ2) is 11.2. The number of fused-ring (bicyclic) bond motifs is 4. The second-order valence-corrected chi connectivity index (χ2v) is 12.5. The summed E-state index contributed by atoms with van der Waals surface area (Å²) < 4.78 is 2.09. The van der Waals surface area contributed by atoms with E-state index in [1.807, 2.05) is 81.4 Å². The molecule has 49 heavy (non-hydrogen) atoms. The highest BCUT2D eigenvalue weighted by molar-refractivity contribution is 6.36. The molecule has 6 heteroatoms. The van der Waals surface area contributed by atoms with Gasteiger partial charge in [0.2, 0.25) is 0 Å². The minimum Gasteiger partial charge on any atom is -0.308 e. The monoisotopic (exact) mass is 632 g/mol. The third kappa shape index (κ3) is 4.62. The molecular weight excluding hydrogens is 604 g/mol. The molecule has 232 valence electrons. The molecule has 0 saturated heterocycles. The smallest absolute Gasteiger partial charge is 0.268 e. The molecular formula is C43H28N4O2. The fraction of sp³-hybridized carbons (Fsp3) is 0.0698. The molecule has 0 fully saturated rings. The van der Waals surface area contributed by atoms with Gasteiger partial charge in [-0.25, -0.2) is 9.74 Å². The standard InChI is InChI=1S/C43H28N4O2/c1-25-20-26(2)41(27(3)21-25)47-42(48)36-6-5-7-37(40(36)43(47)49)46-38-22-31(29-10-8-28(24-44)9-11-29)14-18-34(38)35-19-15-32(23-39(35)46)30-12-16-33(45-4)17-13-30/h5-23H,1-3H3. The van der Waals surface area contributed by atoms with Crippen LogP contribution in [0.1, 0.15) is 43.0 Å². The van der Waals surface area contributed by atoms with Crippen molar-refractivity contribution in [2.75, 3.05) is 4.90 Å². The van der Waals surface area contributed by atoms with E-state index < -0.39 is 0 Å². The summed E-state index contributed by atoms with van der Waals surface area (Å²) >= 11 is 0. The molecule has 0 aliphatic carbocycles. The van der Waals surface area contributed by atoms with Crippen LogP contribution in [-0.2, 0) is 0 Å². The van der Waals surface area contributed by atoms with Crippen LogP contribution in [0.3, 0.4) is 0 Å². The minimum absolute atomic E-state index is 0.337. The Hall–Kier alpha value is -6.76. The Bertz CT molecular complexity index is 2490. The van der Waals surface area contributed by atoms with Crippen molar-refractivity contribution >= 4 is 45.0 Å². The second-order valence-electron chi connectivity index (χ2n) is 12.5. The van der Waals surface area contributed by atoms with E-state index >= 15 is 0 Å². The molecule has 0 spiro atoms. The van der Waals surface area contributed by atoms with Crippen molar-refractivity contribution in [2.45, 2.75) is 20.8 Å². The van der Waals surface area contributed by atoms with E-state index in [4.69, 9.17) is 6.57 Å². The van der Waals surface area contributed by atoms with E-state index in [-0.39, 0.29) is 11.8 Å². The van der Waals surface area contributed by atoms with Crippen molar-refractivity contribution in [2.24, 2.45) is 0 Å². The van der Waals surface area contributed by atoms with Gasteiger partial charge in [0.25, 0.3) is 11.8 Å². The van der Waals surface area contributed by atoms with Crippen LogP contribution in [0.2, 0.25) is 0 Å². The summed E-state index contributed by atoms with van der Waals surface area (Å²) in [6.45, 7) is 13.2. The number of aryl methyl sites for hydroxylation is 3. The number of amides is 2. The molecule has 1 aliphatic rings. The predicted octanol–water partition coefficient (Wildman–Crippen LogP) is 10.3.